The van der Waals surface area contributed by atoms with Crippen molar-refractivity contribution in [2.45, 2.75) is 0 Å². The summed E-state index contributed by atoms with van der Waals surface area (Å²) in [6.07, 6.45) is 1.09. The van der Waals surface area contributed by atoms with Crippen molar-refractivity contribution in [1.82, 2.24) is 4.57 Å². The molecule has 70 valence electrons. The Morgan fingerprint density at radius 2 is 1.85 bits per heavy atom. The summed E-state index contributed by atoms with van der Waals surface area (Å²) in [6.45, 7) is 0. The first kappa shape index (κ1) is 9.80. The third kappa shape index (κ3) is 1.33. The number of rotatable bonds is 3. The standard InChI is InChI=1S/C8H8ClNO3/c1-10-7(9)5(3-11)6(4-12)8(10)13-2/h3-4H,1-2H3. The highest BCUT2D eigenvalue weighted by Crippen LogP contribution is 2.29. The second-order valence-electron chi connectivity index (χ2n) is 2.42. The Labute approximate surface area is 80.1 Å². The maximum atomic E-state index is 10.6. The quantitative estimate of drug-likeness (QED) is 0.693. The number of carbonyl (C=O) groups is 2. The summed E-state index contributed by atoms with van der Waals surface area (Å²) in [4.78, 5) is 21.2. The lowest BCUT2D eigenvalue weighted by molar-refractivity contribution is 0.109. The summed E-state index contributed by atoms with van der Waals surface area (Å²) >= 11 is 5.77. The number of carbonyl (C=O) groups excluding carboxylic acids is 2. The van der Waals surface area contributed by atoms with Crippen molar-refractivity contribution in [2.24, 2.45) is 7.05 Å². The summed E-state index contributed by atoms with van der Waals surface area (Å²) in [5, 5.41) is 0.203. The zero-order chi connectivity index (χ0) is 10.0. The highest BCUT2D eigenvalue weighted by Gasteiger charge is 2.19. The average molecular weight is 202 g/mol. The van der Waals surface area contributed by atoms with E-state index in [0.717, 1.165) is 0 Å². The number of methoxy groups -OCH3 is 1. The number of nitrogens with zero attached hydrogens (tertiary/aromatic N) is 1. The van der Waals surface area contributed by atoms with Gasteiger partial charge in [-0.2, -0.15) is 0 Å². The Kier molecular flexibility index (Phi) is 2.72. The SMILES string of the molecule is COc1c(C=O)c(C=O)c(Cl)n1C. The molecular weight excluding hydrogens is 194 g/mol. The monoisotopic (exact) mass is 201 g/mol. The number of ether oxygens (including phenoxy) is 1. The van der Waals surface area contributed by atoms with Crippen LogP contribution < -0.4 is 4.74 Å². The molecule has 0 saturated carbocycles. The molecule has 0 atom stereocenters. The van der Waals surface area contributed by atoms with Gasteiger partial charge < -0.3 is 9.30 Å². The van der Waals surface area contributed by atoms with Crippen molar-refractivity contribution in [2.75, 3.05) is 7.11 Å². The fourth-order valence-electron chi connectivity index (χ4n) is 1.15. The van der Waals surface area contributed by atoms with Crippen LogP contribution >= 0.6 is 11.6 Å². The maximum Gasteiger partial charge on any atom is 0.205 e. The van der Waals surface area contributed by atoms with Crippen molar-refractivity contribution < 1.29 is 14.3 Å². The fourth-order valence-corrected chi connectivity index (χ4v) is 1.37. The summed E-state index contributed by atoms with van der Waals surface area (Å²) in [6, 6.07) is 0. The molecule has 0 aromatic carbocycles. The third-order valence-corrected chi connectivity index (χ3v) is 2.23. The van der Waals surface area contributed by atoms with Gasteiger partial charge in [-0.15, -0.1) is 0 Å². The zero-order valence-electron chi connectivity index (χ0n) is 7.20. The number of hydrogen-bond acceptors (Lipinski definition) is 3. The van der Waals surface area contributed by atoms with E-state index in [4.69, 9.17) is 16.3 Å². The van der Waals surface area contributed by atoms with E-state index in [1.807, 2.05) is 0 Å². The van der Waals surface area contributed by atoms with E-state index in [9.17, 15) is 9.59 Å². The van der Waals surface area contributed by atoms with Crippen LogP contribution in [0.15, 0.2) is 0 Å². The Bertz CT molecular complexity index is 357. The molecule has 4 nitrogen and oxygen atoms in total. The molecule has 1 heterocycles. The van der Waals surface area contributed by atoms with Crippen LogP contribution in [-0.4, -0.2) is 24.2 Å². The van der Waals surface area contributed by atoms with Gasteiger partial charge in [0.05, 0.1) is 18.2 Å². The molecule has 0 bridgehead atoms. The average Bonchev–Trinajstić information content (AvgIpc) is 2.38. The van der Waals surface area contributed by atoms with Crippen molar-refractivity contribution in [1.29, 1.82) is 0 Å². The maximum absolute atomic E-state index is 10.6. The van der Waals surface area contributed by atoms with Crippen molar-refractivity contribution in [3.8, 4) is 5.88 Å². The summed E-state index contributed by atoms with van der Waals surface area (Å²) in [5.41, 5.74) is 0.348. The predicted molar refractivity (Wildman–Crippen MR) is 47.8 cm³/mol. The molecule has 0 unspecified atom stereocenters. The molecule has 0 amide bonds. The molecule has 0 N–H and O–H groups in total. The van der Waals surface area contributed by atoms with Gasteiger partial charge in [-0.1, -0.05) is 11.6 Å². The van der Waals surface area contributed by atoms with Crippen LogP contribution in [0, 0.1) is 0 Å². The Morgan fingerprint density at radius 3 is 2.23 bits per heavy atom. The van der Waals surface area contributed by atoms with Gasteiger partial charge in [0, 0.05) is 7.05 Å². The normalized spacial score (nSPS) is 9.77. The fraction of sp³-hybridized carbons (Fsp3) is 0.250. The van der Waals surface area contributed by atoms with E-state index in [1.165, 1.54) is 11.7 Å². The molecule has 0 aliphatic heterocycles. The van der Waals surface area contributed by atoms with E-state index in [1.54, 1.807) is 7.05 Å². The van der Waals surface area contributed by atoms with Gasteiger partial charge in [0.1, 0.15) is 5.15 Å². The molecule has 0 radical (unpaired) electrons. The lowest BCUT2D eigenvalue weighted by Crippen LogP contribution is -1.95. The second kappa shape index (κ2) is 3.62. The van der Waals surface area contributed by atoms with Crippen LogP contribution in [0.5, 0.6) is 5.88 Å². The van der Waals surface area contributed by atoms with E-state index in [2.05, 4.69) is 0 Å². The topological polar surface area (TPSA) is 48.3 Å². The molecule has 13 heavy (non-hydrogen) atoms. The molecule has 1 aromatic heterocycles. The highest BCUT2D eigenvalue weighted by molar-refractivity contribution is 6.33. The van der Waals surface area contributed by atoms with Gasteiger partial charge in [0.25, 0.3) is 0 Å². The number of aldehydes is 2. The Morgan fingerprint density at radius 1 is 1.31 bits per heavy atom. The minimum atomic E-state index is 0.163. The largest absolute Gasteiger partial charge is 0.482 e. The smallest absolute Gasteiger partial charge is 0.205 e. The van der Waals surface area contributed by atoms with Crippen LogP contribution in [0.1, 0.15) is 20.7 Å². The zero-order valence-corrected chi connectivity index (χ0v) is 7.96. The molecular formula is C8H8ClNO3. The van der Waals surface area contributed by atoms with Crippen molar-refractivity contribution in [3.63, 3.8) is 0 Å². The van der Waals surface area contributed by atoms with Crippen LogP contribution in [0.2, 0.25) is 5.15 Å². The third-order valence-electron chi connectivity index (χ3n) is 1.77. The molecule has 1 aromatic rings. The molecule has 0 aliphatic rings. The predicted octanol–water partition coefficient (Wildman–Crippen LogP) is 1.31. The van der Waals surface area contributed by atoms with Gasteiger partial charge in [-0.05, 0) is 0 Å². The van der Waals surface area contributed by atoms with Crippen molar-refractivity contribution >= 4 is 24.2 Å². The highest BCUT2D eigenvalue weighted by atomic mass is 35.5. The van der Waals surface area contributed by atoms with Gasteiger partial charge in [-0.25, -0.2) is 0 Å². The van der Waals surface area contributed by atoms with E-state index >= 15 is 0 Å². The Hall–Kier alpha value is -1.29. The minimum absolute atomic E-state index is 0.163. The van der Waals surface area contributed by atoms with Gasteiger partial charge in [0.15, 0.2) is 12.6 Å². The second-order valence-corrected chi connectivity index (χ2v) is 2.78. The molecule has 5 heteroatoms. The molecule has 0 spiro atoms. The van der Waals surface area contributed by atoms with Crippen LogP contribution in [0.3, 0.4) is 0 Å². The summed E-state index contributed by atoms with van der Waals surface area (Å²) in [5.74, 6) is 0.294. The number of aromatic nitrogens is 1. The summed E-state index contributed by atoms with van der Waals surface area (Å²) < 4.78 is 6.36. The van der Waals surface area contributed by atoms with Gasteiger partial charge in [0.2, 0.25) is 5.88 Å². The lowest BCUT2D eigenvalue weighted by Gasteiger charge is -2.01. The van der Waals surface area contributed by atoms with Gasteiger partial charge in [-0.3, -0.25) is 9.59 Å². The first-order valence-corrected chi connectivity index (χ1v) is 3.87. The first-order chi connectivity index (χ1) is 6.17. The summed E-state index contributed by atoms with van der Waals surface area (Å²) in [7, 11) is 3.02. The van der Waals surface area contributed by atoms with E-state index < -0.39 is 0 Å². The number of halogens is 1. The molecule has 0 fully saturated rings. The van der Waals surface area contributed by atoms with E-state index in [0.29, 0.717) is 18.5 Å². The molecule has 0 aliphatic carbocycles. The minimum Gasteiger partial charge on any atom is -0.482 e. The molecule has 1 rings (SSSR count). The van der Waals surface area contributed by atoms with Crippen LogP contribution in [0.25, 0.3) is 0 Å². The van der Waals surface area contributed by atoms with Crippen LogP contribution in [0.4, 0.5) is 0 Å². The molecule has 0 saturated heterocycles. The number of hydrogen-bond donors (Lipinski definition) is 0. The van der Waals surface area contributed by atoms with Gasteiger partial charge >= 0.3 is 0 Å². The van der Waals surface area contributed by atoms with E-state index in [-0.39, 0.29) is 16.3 Å². The van der Waals surface area contributed by atoms with Crippen LogP contribution in [-0.2, 0) is 7.05 Å². The van der Waals surface area contributed by atoms with Crippen molar-refractivity contribution in [3.05, 3.63) is 16.3 Å². The first-order valence-electron chi connectivity index (χ1n) is 3.49. The lowest BCUT2D eigenvalue weighted by atomic mass is 10.2. The Balaban J connectivity index is 3.51.